The minimum Gasteiger partial charge on any atom is -0.480 e. The second kappa shape index (κ2) is 8.15. The summed E-state index contributed by atoms with van der Waals surface area (Å²) in [6.45, 7) is 9.72. The molecule has 0 aliphatic carbocycles. The fraction of sp³-hybridized carbons (Fsp3) is 0.857. The molecule has 2 atom stereocenters. The summed E-state index contributed by atoms with van der Waals surface area (Å²) in [4.78, 5) is 23.1. The van der Waals surface area contributed by atoms with E-state index in [-0.39, 0.29) is 5.91 Å². The summed E-state index contributed by atoms with van der Waals surface area (Å²) < 4.78 is 5.41. The van der Waals surface area contributed by atoms with Gasteiger partial charge in [0.05, 0.1) is 0 Å². The van der Waals surface area contributed by atoms with Crippen LogP contribution in [-0.2, 0) is 14.3 Å². The fourth-order valence-electron chi connectivity index (χ4n) is 1.65. The first kappa shape index (κ1) is 17.9. The quantitative estimate of drug-likeness (QED) is 0.675. The predicted molar refractivity (Wildman–Crippen MR) is 74.0 cm³/mol. The van der Waals surface area contributed by atoms with E-state index in [1.807, 2.05) is 6.92 Å². The predicted octanol–water partition coefficient (Wildman–Crippen LogP) is 2.20. The number of hydrogen-bond acceptors (Lipinski definition) is 3. The van der Waals surface area contributed by atoms with E-state index in [4.69, 9.17) is 4.74 Å². The summed E-state index contributed by atoms with van der Waals surface area (Å²) in [5, 5.41) is 11.8. The number of carboxylic acids is 1. The van der Waals surface area contributed by atoms with E-state index in [0.29, 0.717) is 25.4 Å². The molecule has 0 bridgehead atoms. The van der Waals surface area contributed by atoms with Gasteiger partial charge in [0, 0.05) is 6.61 Å². The zero-order valence-corrected chi connectivity index (χ0v) is 12.7. The average molecular weight is 273 g/mol. The van der Waals surface area contributed by atoms with Crippen molar-refractivity contribution in [3.05, 3.63) is 0 Å². The third-order valence-electron chi connectivity index (χ3n) is 3.05. The third-order valence-corrected chi connectivity index (χ3v) is 3.05. The summed E-state index contributed by atoms with van der Waals surface area (Å²) in [5.41, 5.74) is -1.22. The first-order valence-electron chi connectivity index (χ1n) is 6.90. The molecule has 19 heavy (non-hydrogen) atoms. The Bertz CT molecular complexity index is 304. The summed E-state index contributed by atoms with van der Waals surface area (Å²) >= 11 is 0. The highest BCUT2D eigenvalue weighted by Crippen LogP contribution is 2.13. The molecule has 0 aromatic heterocycles. The van der Waals surface area contributed by atoms with Crippen molar-refractivity contribution in [1.82, 2.24) is 5.32 Å². The lowest BCUT2D eigenvalue weighted by Gasteiger charge is -2.27. The number of carbonyl (C=O) groups is 2. The van der Waals surface area contributed by atoms with Gasteiger partial charge < -0.3 is 15.2 Å². The monoisotopic (exact) mass is 273 g/mol. The van der Waals surface area contributed by atoms with Crippen LogP contribution in [0.1, 0.15) is 53.9 Å². The van der Waals surface area contributed by atoms with Gasteiger partial charge in [0.15, 0.2) is 0 Å². The Morgan fingerprint density at radius 2 is 1.89 bits per heavy atom. The Morgan fingerprint density at radius 1 is 1.32 bits per heavy atom. The van der Waals surface area contributed by atoms with Crippen molar-refractivity contribution >= 4 is 11.9 Å². The molecule has 0 radical (unpaired) electrons. The molecule has 1 amide bonds. The summed E-state index contributed by atoms with van der Waals surface area (Å²) in [6.07, 6.45) is 1.33. The number of hydrogen-bond donors (Lipinski definition) is 2. The van der Waals surface area contributed by atoms with Gasteiger partial charge in [0.25, 0.3) is 0 Å². The molecular weight excluding hydrogens is 246 g/mol. The van der Waals surface area contributed by atoms with Crippen LogP contribution in [0, 0.1) is 5.92 Å². The van der Waals surface area contributed by atoms with Crippen LogP contribution in [0.2, 0.25) is 0 Å². The van der Waals surface area contributed by atoms with Crippen LogP contribution in [0.25, 0.3) is 0 Å². The maximum Gasteiger partial charge on any atom is 0.329 e. The number of aliphatic carboxylic acids is 1. The highest BCUT2D eigenvalue weighted by atomic mass is 16.5. The molecule has 0 spiro atoms. The van der Waals surface area contributed by atoms with Crippen LogP contribution in [-0.4, -0.2) is 35.2 Å². The Kier molecular flexibility index (Phi) is 7.68. The first-order chi connectivity index (χ1) is 8.73. The number of ether oxygens (including phenoxy) is 1. The Hall–Kier alpha value is -1.10. The molecule has 0 aliphatic rings. The molecule has 0 rings (SSSR count). The minimum absolute atomic E-state index is 0.373. The van der Waals surface area contributed by atoms with Crippen LogP contribution in [0.15, 0.2) is 0 Å². The van der Waals surface area contributed by atoms with Crippen molar-refractivity contribution in [2.45, 2.75) is 65.5 Å². The van der Waals surface area contributed by atoms with E-state index in [1.165, 1.54) is 6.92 Å². The zero-order chi connectivity index (χ0) is 15.1. The molecular formula is C14H27NO4. The molecule has 5 nitrogen and oxygen atoms in total. The van der Waals surface area contributed by atoms with Gasteiger partial charge in [-0.2, -0.15) is 0 Å². The van der Waals surface area contributed by atoms with Crippen molar-refractivity contribution in [1.29, 1.82) is 0 Å². The second-order valence-corrected chi connectivity index (χ2v) is 5.57. The molecule has 0 fully saturated rings. The number of amides is 1. The van der Waals surface area contributed by atoms with Gasteiger partial charge in [-0.25, -0.2) is 4.79 Å². The van der Waals surface area contributed by atoms with Crippen molar-refractivity contribution < 1.29 is 19.4 Å². The van der Waals surface area contributed by atoms with Crippen LogP contribution in [0.4, 0.5) is 0 Å². The molecule has 2 unspecified atom stereocenters. The molecule has 0 saturated heterocycles. The lowest BCUT2D eigenvalue weighted by Crippen LogP contribution is -2.54. The van der Waals surface area contributed by atoms with Crippen LogP contribution in [0.3, 0.4) is 0 Å². The normalized spacial score (nSPS) is 15.9. The largest absolute Gasteiger partial charge is 0.480 e. The minimum atomic E-state index is -1.22. The van der Waals surface area contributed by atoms with Crippen molar-refractivity contribution in [2.24, 2.45) is 5.92 Å². The van der Waals surface area contributed by atoms with E-state index in [0.717, 1.165) is 6.42 Å². The van der Waals surface area contributed by atoms with E-state index < -0.39 is 17.6 Å². The van der Waals surface area contributed by atoms with Gasteiger partial charge in [-0.15, -0.1) is 0 Å². The van der Waals surface area contributed by atoms with Gasteiger partial charge in [0.1, 0.15) is 11.6 Å². The third kappa shape index (κ3) is 6.57. The van der Waals surface area contributed by atoms with E-state index in [9.17, 15) is 14.7 Å². The average Bonchev–Trinajstić information content (AvgIpc) is 2.28. The second-order valence-electron chi connectivity index (χ2n) is 5.57. The molecule has 112 valence electrons. The van der Waals surface area contributed by atoms with Gasteiger partial charge in [-0.05, 0) is 32.6 Å². The van der Waals surface area contributed by atoms with E-state index >= 15 is 0 Å². The Labute approximate surface area is 115 Å². The maximum absolute atomic E-state index is 11.9. The number of carboxylic acid groups (broad SMARTS) is 1. The lowest BCUT2D eigenvalue weighted by atomic mass is 9.96. The van der Waals surface area contributed by atoms with Gasteiger partial charge in [-0.1, -0.05) is 27.2 Å². The van der Waals surface area contributed by atoms with Gasteiger partial charge in [-0.3, -0.25) is 4.79 Å². The van der Waals surface area contributed by atoms with Gasteiger partial charge in [0.2, 0.25) is 5.91 Å². The highest BCUT2D eigenvalue weighted by Gasteiger charge is 2.35. The highest BCUT2D eigenvalue weighted by molar-refractivity contribution is 5.88. The summed E-state index contributed by atoms with van der Waals surface area (Å²) in [7, 11) is 0. The van der Waals surface area contributed by atoms with Crippen molar-refractivity contribution in [2.75, 3.05) is 6.61 Å². The zero-order valence-electron chi connectivity index (χ0n) is 12.7. The SMILES string of the molecule is CCCC(C)(NC(=O)C(C)OCCC(C)C)C(=O)O. The molecule has 0 heterocycles. The standard InChI is InChI=1S/C14H27NO4/c1-6-8-14(5,13(17)18)15-12(16)11(4)19-9-7-10(2)3/h10-11H,6-9H2,1-5H3,(H,15,16)(H,17,18). The van der Waals surface area contributed by atoms with Crippen LogP contribution < -0.4 is 5.32 Å². The van der Waals surface area contributed by atoms with E-state index in [1.54, 1.807) is 6.92 Å². The number of nitrogens with one attached hydrogen (secondary N) is 1. The topological polar surface area (TPSA) is 75.6 Å². The first-order valence-corrected chi connectivity index (χ1v) is 6.90. The molecule has 0 aromatic carbocycles. The van der Waals surface area contributed by atoms with E-state index in [2.05, 4.69) is 19.2 Å². The Morgan fingerprint density at radius 3 is 2.32 bits per heavy atom. The summed E-state index contributed by atoms with van der Waals surface area (Å²) in [5.74, 6) is -0.876. The smallest absolute Gasteiger partial charge is 0.329 e. The van der Waals surface area contributed by atoms with Gasteiger partial charge >= 0.3 is 5.97 Å². The summed E-state index contributed by atoms with van der Waals surface area (Å²) in [6, 6.07) is 0. The van der Waals surface area contributed by atoms with Crippen LogP contribution >= 0.6 is 0 Å². The molecule has 0 aromatic rings. The van der Waals surface area contributed by atoms with Crippen molar-refractivity contribution in [3.63, 3.8) is 0 Å². The fourth-order valence-corrected chi connectivity index (χ4v) is 1.65. The maximum atomic E-state index is 11.9. The number of rotatable bonds is 9. The van der Waals surface area contributed by atoms with Crippen molar-refractivity contribution in [3.8, 4) is 0 Å². The molecule has 5 heteroatoms. The van der Waals surface area contributed by atoms with Crippen LogP contribution in [0.5, 0.6) is 0 Å². The molecule has 0 saturated carbocycles. The Balaban J connectivity index is 4.36. The number of carbonyl (C=O) groups excluding carboxylic acids is 1. The molecule has 0 aliphatic heterocycles. The molecule has 2 N–H and O–H groups in total. The lowest BCUT2D eigenvalue weighted by molar-refractivity contribution is -0.149.